The van der Waals surface area contributed by atoms with E-state index >= 15 is 0 Å². The fourth-order valence-electron chi connectivity index (χ4n) is 2.07. The van der Waals surface area contributed by atoms with Crippen LogP contribution in [0, 0.1) is 5.92 Å². The van der Waals surface area contributed by atoms with Crippen LogP contribution in [0.3, 0.4) is 0 Å². The van der Waals surface area contributed by atoms with E-state index in [1.54, 1.807) is 12.1 Å². The summed E-state index contributed by atoms with van der Waals surface area (Å²) in [5, 5.41) is 2.97. The van der Waals surface area contributed by atoms with Crippen LogP contribution in [-0.4, -0.2) is 37.5 Å². The van der Waals surface area contributed by atoms with Crippen LogP contribution in [0.4, 0.5) is 5.69 Å². The van der Waals surface area contributed by atoms with E-state index < -0.39 is 0 Å². The Balaban J connectivity index is 2.65. The molecule has 0 aromatic heterocycles. The molecule has 0 spiro atoms. The van der Waals surface area contributed by atoms with Gasteiger partial charge in [-0.25, -0.2) is 0 Å². The number of hydrogen-bond donors (Lipinski definition) is 2. The molecule has 1 aromatic carbocycles. The molecule has 0 saturated heterocycles. The number of rotatable bonds is 6. The Bertz CT molecular complexity index is 460. The molecule has 0 saturated carbocycles. The van der Waals surface area contributed by atoms with Gasteiger partial charge < -0.3 is 16.0 Å². The predicted octanol–water partition coefficient (Wildman–Crippen LogP) is 2.74. The van der Waals surface area contributed by atoms with E-state index in [0.29, 0.717) is 29.8 Å². The van der Waals surface area contributed by atoms with Gasteiger partial charge >= 0.3 is 0 Å². The van der Waals surface area contributed by atoms with E-state index in [1.807, 2.05) is 20.2 Å². The number of amides is 1. The van der Waals surface area contributed by atoms with Crippen molar-refractivity contribution in [3.8, 4) is 0 Å². The van der Waals surface area contributed by atoms with Gasteiger partial charge in [-0.2, -0.15) is 0 Å². The number of carbonyl (C=O) groups is 1. The van der Waals surface area contributed by atoms with Crippen LogP contribution in [0.1, 0.15) is 30.6 Å². The molecule has 1 unspecified atom stereocenters. The maximum atomic E-state index is 12.2. The molecular formula is C15H24BrN3O. The normalized spacial score (nSPS) is 12.8. The number of nitrogen functional groups attached to an aromatic ring is 1. The highest BCUT2D eigenvalue weighted by Crippen LogP contribution is 2.18. The third-order valence-corrected chi connectivity index (χ3v) is 3.72. The second kappa shape index (κ2) is 7.64. The molecule has 112 valence electrons. The van der Waals surface area contributed by atoms with Crippen LogP contribution < -0.4 is 11.1 Å². The Morgan fingerprint density at radius 1 is 1.40 bits per heavy atom. The quantitative estimate of drug-likeness (QED) is 0.782. The van der Waals surface area contributed by atoms with Crippen LogP contribution in [0.2, 0.25) is 0 Å². The molecule has 1 amide bonds. The smallest absolute Gasteiger partial charge is 0.253 e. The fourth-order valence-corrected chi connectivity index (χ4v) is 2.45. The van der Waals surface area contributed by atoms with Gasteiger partial charge in [0.2, 0.25) is 0 Å². The summed E-state index contributed by atoms with van der Waals surface area (Å²) in [4.78, 5) is 14.3. The number of hydrogen-bond acceptors (Lipinski definition) is 3. The zero-order chi connectivity index (χ0) is 15.3. The monoisotopic (exact) mass is 341 g/mol. The molecular weight excluding hydrogens is 318 g/mol. The number of anilines is 1. The van der Waals surface area contributed by atoms with Gasteiger partial charge in [0.1, 0.15) is 0 Å². The van der Waals surface area contributed by atoms with E-state index in [4.69, 9.17) is 5.73 Å². The molecule has 4 nitrogen and oxygen atoms in total. The van der Waals surface area contributed by atoms with Gasteiger partial charge in [0.05, 0.1) is 5.56 Å². The Morgan fingerprint density at radius 2 is 2.05 bits per heavy atom. The number of nitrogens with one attached hydrogen (secondary N) is 1. The third-order valence-electron chi connectivity index (χ3n) is 3.23. The molecule has 0 aliphatic carbocycles. The van der Waals surface area contributed by atoms with Crippen LogP contribution in [-0.2, 0) is 0 Å². The lowest BCUT2D eigenvalue weighted by atomic mass is 10.0. The number of nitrogens with two attached hydrogens (primary N) is 1. The van der Waals surface area contributed by atoms with Crippen molar-refractivity contribution in [1.82, 2.24) is 10.2 Å². The highest BCUT2D eigenvalue weighted by Gasteiger charge is 2.16. The first-order valence-corrected chi connectivity index (χ1v) is 7.60. The molecule has 0 fully saturated rings. The van der Waals surface area contributed by atoms with Gasteiger partial charge in [0.15, 0.2) is 0 Å². The zero-order valence-corrected chi connectivity index (χ0v) is 14.2. The molecule has 20 heavy (non-hydrogen) atoms. The van der Waals surface area contributed by atoms with Crippen LogP contribution in [0.15, 0.2) is 22.7 Å². The molecule has 1 aromatic rings. The average molecular weight is 342 g/mol. The van der Waals surface area contributed by atoms with Gasteiger partial charge in [-0.1, -0.05) is 29.8 Å². The highest BCUT2D eigenvalue weighted by molar-refractivity contribution is 9.10. The van der Waals surface area contributed by atoms with E-state index in [1.165, 1.54) is 0 Å². The first-order chi connectivity index (χ1) is 9.31. The van der Waals surface area contributed by atoms with Crippen molar-refractivity contribution in [2.75, 3.05) is 26.4 Å². The minimum Gasteiger partial charge on any atom is -0.398 e. The summed E-state index contributed by atoms with van der Waals surface area (Å²) in [6.45, 7) is 5.00. The predicted molar refractivity (Wildman–Crippen MR) is 87.8 cm³/mol. The summed E-state index contributed by atoms with van der Waals surface area (Å²) >= 11 is 3.34. The molecule has 0 radical (unpaired) electrons. The minimum atomic E-state index is -0.120. The van der Waals surface area contributed by atoms with Gasteiger partial charge in [-0.15, -0.1) is 0 Å². The second-order valence-electron chi connectivity index (χ2n) is 5.69. The fraction of sp³-hybridized carbons (Fsp3) is 0.533. The Morgan fingerprint density at radius 3 is 2.55 bits per heavy atom. The summed E-state index contributed by atoms with van der Waals surface area (Å²) in [7, 11) is 4.07. The first kappa shape index (κ1) is 17.0. The SMILES string of the molecule is CC(C)CC(CNC(=O)c1ccc(Br)cc1N)N(C)C. The van der Waals surface area contributed by atoms with E-state index in [2.05, 4.69) is 40.0 Å². The summed E-state index contributed by atoms with van der Waals surface area (Å²) in [5.41, 5.74) is 6.88. The second-order valence-corrected chi connectivity index (χ2v) is 6.60. The number of nitrogens with zero attached hydrogens (tertiary/aromatic N) is 1. The number of carbonyl (C=O) groups excluding carboxylic acids is 1. The summed E-state index contributed by atoms with van der Waals surface area (Å²) in [6.07, 6.45) is 1.04. The number of benzene rings is 1. The summed E-state index contributed by atoms with van der Waals surface area (Å²) < 4.78 is 0.873. The van der Waals surface area contributed by atoms with E-state index in [9.17, 15) is 4.79 Å². The lowest BCUT2D eigenvalue weighted by Gasteiger charge is -2.26. The summed E-state index contributed by atoms with van der Waals surface area (Å²) in [5.74, 6) is 0.475. The van der Waals surface area contributed by atoms with E-state index in [-0.39, 0.29) is 5.91 Å². The van der Waals surface area contributed by atoms with Crippen molar-refractivity contribution in [2.45, 2.75) is 26.3 Å². The summed E-state index contributed by atoms with van der Waals surface area (Å²) in [6, 6.07) is 5.63. The third kappa shape index (κ3) is 5.13. The van der Waals surface area contributed by atoms with Gasteiger partial charge in [-0.05, 0) is 44.6 Å². The molecule has 0 bridgehead atoms. The zero-order valence-electron chi connectivity index (χ0n) is 12.6. The van der Waals surface area contributed by atoms with Gasteiger partial charge in [-0.3, -0.25) is 4.79 Å². The molecule has 1 atom stereocenters. The molecule has 0 heterocycles. The molecule has 1 rings (SSSR count). The minimum absolute atomic E-state index is 0.120. The van der Waals surface area contributed by atoms with Gasteiger partial charge in [0, 0.05) is 22.7 Å². The lowest BCUT2D eigenvalue weighted by Crippen LogP contribution is -2.41. The maximum Gasteiger partial charge on any atom is 0.253 e. The van der Waals surface area contributed by atoms with Crippen LogP contribution in [0.5, 0.6) is 0 Å². The number of halogens is 1. The van der Waals surface area contributed by atoms with Crippen molar-refractivity contribution in [2.24, 2.45) is 5.92 Å². The Kier molecular flexibility index (Phi) is 6.49. The van der Waals surface area contributed by atoms with Gasteiger partial charge in [0.25, 0.3) is 5.91 Å². The highest BCUT2D eigenvalue weighted by atomic mass is 79.9. The van der Waals surface area contributed by atoms with Crippen LogP contribution >= 0.6 is 15.9 Å². The van der Waals surface area contributed by atoms with Crippen LogP contribution in [0.25, 0.3) is 0 Å². The first-order valence-electron chi connectivity index (χ1n) is 6.81. The molecule has 0 aliphatic heterocycles. The molecule has 5 heteroatoms. The topological polar surface area (TPSA) is 58.4 Å². The van der Waals surface area contributed by atoms with Crippen molar-refractivity contribution < 1.29 is 4.79 Å². The van der Waals surface area contributed by atoms with Crippen molar-refractivity contribution in [3.63, 3.8) is 0 Å². The average Bonchev–Trinajstić information content (AvgIpc) is 2.33. The van der Waals surface area contributed by atoms with Crippen molar-refractivity contribution in [1.29, 1.82) is 0 Å². The molecule has 0 aliphatic rings. The number of likely N-dealkylation sites (N-methyl/N-ethyl adjacent to an activating group) is 1. The standard InChI is InChI=1S/C15H24BrN3O/c1-10(2)7-12(19(3)4)9-18-15(20)13-6-5-11(16)8-14(13)17/h5-6,8,10,12H,7,9,17H2,1-4H3,(H,18,20). The van der Waals surface area contributed by atoms with Crippen molar-refractivity contribution in [3.05, 3.63) is 28.2 Å². The largest absolute Gasteiger partial charge is 0.398 e. The Hall–Kier alpha value is -1.07. The van der Waals surface area contributed by atoms with E-state index in [0.717, 1.165) is 10.9 Å². The van der Waals surface area contributed by atoms with Crippen molar-refractivity contribution >= 4 is 27.5 Å². The molecule has 3 N–H and O–H groups in total. The maximum absolute atomic E-state index is 12.2. The Labute approximate surface area is 129 Å². The lowest BCUT2D eigenvalue weighted by molar-refractivity contribution is 0.0939.